The summed E-state index contributed by atoms with van der Waals surface area (Å²) in [4.78, 5) is 4.00. The van der Waals surface area contributed by atoms with Gasteiger partial charge >= 0.3 is 0 Å². The zero-order chi connectivity index (χ0) is 10.5. The number of aromatic nitrogens is 1. The van der Waals surface area contributed by atoms with Crippen LogP contribution in [0.3, 0.4) is 0 Å². The van der Waals surface area contributed by atoms with E-state index in [1.807, 2.05) is 24.5 Å². The molecule has 1 heterocycles. The second-order valence-electron chi connectivity index (χ2n) is 4.29. The van der Waals surface area contributed by atoms with Crippen molar-refractivity contribution in [2.75, 3.05) is 0 Å². The van der Waals surface area contributed by atoms with E-state index in [9.17, 15) is 0 Å². The van der Waals surface area contributed by atoms with E-state index in [1.54, 1.807) is 0 Å². The molecule has 1 fully saturated rings. The molecule has 3 nitrogen and oxygen atoms in total. The lowest BCUT2D eigenvalue weighted by Gasteiger charge is -2.29. The number of hydrogen-bond acceptors (Lipinski definition) is 3. The predicted molar refractivity (Wildman–Crippen MR) is 68.6 cm³/mol. The Hall–Kier alpha value is -0.640. The molecule has 1 aromatic rings. The van der Waals surface area contributed by atoms with Gasteiger partial charge in [0.1, 0.15) is 0 Å². The van der Waals surface area contributed by atoms with Gasteiger partial charge in [-0.05, 0) is 30.5 Å². The summed E-state index contributed by atoms with van der Waals surface area (Å²) < 4.78 is 0. The van der Waals surface area contributed by atoms with Gasteiger partial charge in [-0.25, -0.2) is 0 Å². The molecule has 0 spiro atoms. The van der Waals surface area contributed by atoms with E-state index in [0.29, 0.717) is 12.1 Å². The molecule has 0 amide bonds. The van der Waals surface area contributed by atoms with Gasteiger partial charge in [-0.1, -0.05) is 12.8 Å². The van der Waals surface area contributed by atoms with E-state index < -0.39 is 0 Å². The van der Waals surface area contributed by atoms with E-state index in [2.05, 4.69) is 10.3 Å². The summed E-state index contributed by atoms with van der Waals surface area (Å²) in [7, 11) is 0. The van der Waals surface area contributed by atoms with Crippen LogP contribution in [0.15, 0.2) is 24.5 Å². The molecule has 4 heteroatoms. The molecular formula is C12H20ClN3. The third-order valence-corrected chi connectivity index (χ3v) is 3.14. The number of halogens is 1. The highest BCUT2D eigenvalue weighted by molar-refractivity contribution is 5.85. The van der Waals surface area contributed by atoms with Gasteiger partial charge in [0.25, 0.3) is 0 Å². The third-order valence-electron chi connectivity index (χ3n) is 3.14. The van der Waals surface area contributed by atoms with Crippen LogP contribution >= 0.6 is 12.4 Å². The summed E-state index contributed by atoms with van der Waals surface area (Å²) >= 11 is 0. The van der Waals surface area contributed by atoms with Crippen molar-refractivity contribution in [2.45, 2.75) is 44.3 Å². The average molecular weight is 242 g/mol. The summed E-state index contributed by atoms with van der Waals surface area (Å²) in [6, 6.07) is 4.91. The van der Waals surface area contributed by atoms with Crippen molar-refractivity contribution in [3.05, 3.63) is 30.1 Å². The number of nitrogens with two attached hydrogens (primary N) is 1. The summed E-state index contributed by atoms with van der Waals surface area (Å²) in [5.41, 5.74) is 7.35. The lowest BCUT2D eigenvalue weighted by Crippen LogP contribution is -2.46. The lowest BCUT2D eigenvalue weighted by atomic mass is 9.91. The minimum absolute atomic E-state index is 0. The lowest BCUT2D eigenvalue weighted by molar-refractivity contribution is 0.326. The number of nitrogens with zero attached hydrogens (tertiary/aromatic N) is 1. The molecule has 3 N–H and O–H groups in total. The Kier molecular flexibility index (Phi) is 5.74. The Bertz CT molecular complexity index is 292. The van der Waals surface area contributed by atoms with Gasteiger partial charge in [-0.2, -0.15) is 0 Å². The number of hydrogen-bond donors (Lipinski definition) is 2. The monoisotopic (exact) mass is 241 g/mol. The van der Waals surface area contributed by atoms with Gasteiger partial charge in [-0.3, -0.25) is 4.98 Å². The van der Waals surface area contributed by atoms with Crippen LogP contribution in [0.25, 0.3) is 0 Å². The highest BCUT2D eigenvalue weighted by Crippen LogP contribution is 2.17. The van der Waals surface area contributed by atoms with Crippen molar-refractivity contribution in [1.82, 2.24) is 10.3 Å². The van der Waals surface area contributed by atoms with Crippen molar-refractivity contribution in [2.24, 2.45) is 5.73 Å². The van der Waals surface area contributed by atoms with Gasteiger partial charge in [0.15, 0.2) is 0 Å². The molecule has 0 saturated heterocycles. The van der Waals surface area contributed by atoms with Gasteiger partial charge in [0, 0.05) is 31.0 Å². The third kappa shape index (κ3) is 3.74. The van der Waals surface area contributed by atoms with Crippen LogP contribution in [0.5, 0.6) is 0 Å². The maximum Gasteiger partial charge on any atom is 0.0271 e. The first kappa shape index (κ1) is 13.4. The van der Waals surface area contributed by atoms with Crippen molar-refractivity contribution in [3.8, 4) is 0 Å². The predicted octanol–water partition coefficient (Wildman–Crippen LogP) is 1.86. The molecule has 1 aliphatic rings. The standard InChI is InChI=1S/C12H19N3.ClH/c13-11-3-1-2-4-12(11)15-9-10-5-7-14-8-6-10;/h5-8,11-12,15H,1-4,9,13H2;1H. The van der Waals surface area contributed by atoms with Crippen LogP contribution < -0.4 is 11.1 Å². The molecule has 0 bridgehead atoms. The summed E-state index contributed by atoms with van der Waals surface area (Å²) in [5.74, 6) is 0. The Morgan fingerprint density at radius 3 is 2.62 bits per heavy atom. The van der Waals surface area contributed by atoms with E-state index in [1.165, 1.54) is 24.8 Å². The number of rotatable bonds is 3. The second kappa shape index (κ2) is 6.84. The molecule has 0 radical (unpaired) electrons. The fourth-order valence-electron chi connectivity index (χ4n) is 2.16. The summed E-state index contributed by atoms with van der Waals surface area (Å²) in [5, 5.41) is 3.53. The van der Waals surface area contributed by atoms with Crippen molar-refractivity contribution < 1.29 is 0 Å². The van der Waals surface area contributed by atoms with E-state index in [4.69, 9.17) is 5.73 Å². The zero-order valence-corrected chi connectivity index (χ0v) is 10.2. The van der Waals surface area contributed by atoms with E-state index in [0.717, 1.165) is 13.0 Å². The van der Waals surface area contributed by atoms with Crippen LogP contribution in [-0.4, -0.2) is 17.1 Å². The molecule has 16 heavy (non-hydrogen) atoms. The first-order chi connectivity index (χ1) is 7.36. The fourth-order valence-corrected chi connectivity index (χ4v) is 2.16. The van der Waals surface area contributed by atoms with E-state index >= 15 is 0 Å². The van der Waals surface area contributed by atoms with Gasteiger partial charge < -0.3 is 11.1 Å². The van der Waals surface area contributed by atoms with Crippen LogP contribution in [0, 0.1) is 0 Å². The fraction of sp³-hybridized carbons (Fsp3) is 0.583. The minimum atomic E-state index is 0. The largest absolute Gasteiger partial charge is 0.326 e. The van der Waals surface area contributed by atoms with Crippen LogP contribution in [0.2, 0.25) is 0 Å². The Balaban J connectivity index is 0.00000128. The highest BCUT2D eigenvalue weighted by Gasteiger charge is 2.20. The molecule has 1 aromatic heterocycles. The minimum Gasteiger partial charge on any atom is -0.326 e. The zero-order valence-electron chi connectivity index (χ0n) is 9.43. The molecule has 2 unspecified atom stereocenters. The molecule has 1 aliphatic carbocycles. The van der Waals surface area contributed by atoms with Gasteiger partial charge in [0.05, 0.1) is 0 Å². The summed E-state index contributed by atoms with van der Waals surface area (Å²) in [6.45, 7) is 0.904. The van der Waals surface area contributed by atoms with Gasteiger partial charge in [0.2, 0.25) is 0 Å². The first-order valence-corrected chi connectivity index (χ1v) is 5.74. The molecule has 0 aromatic carbocycles. The van der Waals surface area contributed by atoms with Crippen LogP contribution in [-0.2, 0) is 6.54 Å². The highest BCUT2D eigenvalue weighted by atomic mass is 35.5. The van der Waals surface area contributed by atoms with Crippen molar-refractivity contribution >= 4 is 12.4 Å². The Morgan fingerprint density at radius 1 is 1.25 bits per heavy atom. The number of nitrogens with one attached hydrogen (secondary N) is 1. The second-order valence-corrected chi connectivity index (χ2v) is 4.29. The van der Waals surface area contributed by atoms with Gasteiger partial charge in [-0.15, -0.1) is 12.4 Å². The molecule has 2 atom stereocenters. The normalized spacial score (nSPS) is 24.8. The van der Waals surface area contributed by atoms with Crippen LogP contribution in [0.4, 0.5) is 0 Å². The first-order valence-electron chi connectivity index (χ1n) is 5.74. The Labute approximate surface area is 103 Å². The Morgan fingerprint density at radius 2 is 1.94 bits per heavy atom. The molecular weight excluding hydrogens is 222 g/mol. The smallest absolute Gasteiger partial charge is 0.0271 e. The maximum absolute atomic E-state index is 6.07. The summed E-state index contributed by atoms with van der Waals surface area (Å²) in [6.07, 6.45) is 8.63. The van der Waals surface area contributed by atoms with E-state index in [-0.39, 0.29) is 12.4 Å². The van der Waals surface area contributed by atoms with Crippen molar-refractivity contribution in [1.29, 1.82) is 0 Å². The number of pyridine rings is 1. The van der Waals surface area contributed by atoms with Crippen molar-refractivity contribution in [3.63, 3.8) is 0 Å². The SMILES string of the molecule is Cl.NC1CCCCC1NCc1ccncc1. The molecule has 1 saturated carbocycles. The average Bonchev–Trinajstić information content (AvgIpc) is 2.29. The molecule has 2 rings (SSSR count). The van der Waals surface area contributed by atoms with Crippen LogP contribution in [0.1, 0.15) is 31.2 Å². The maximum atomic E-state index is 6.07. The quantitative estimate of drug-likeness (QED) is 0.850. The topological polar surface area (TPSA) is 50.9 Å². The molecule has 90 valence electrons. The molecule has 0 aliphatic heterocycles.